The monoisotopic (exact) mass is 547 g/mol. The van der Waals surface area contributed by atoms with Crippen molar-refractivity contribution < 1.29 is 4.79 Å². The highest BCUT2D eigenvalue weighted by molar-refractivity contribution is 7.97. The number of ketones is 1. The standard InChI is InChI=1S/C35H37N3OS/c1-22-10-9-13-27(15-22)38-30-17-35(4,5)18-31(39)33(30)32(29(19-36)34(38)37)28-16-23(2)14-26(24(28)3)21-40-20-25-11-7-6-8-12-25/h6-16,32H,17-18,20-21,37H2,1-5H3. The molecule has 2 aliphatic rings. The minimum absolute atomic E-state index is 0.107. The number of nitriles is 1. The fourth-order valence-electron chi connectivity index (χ4n) is 6.15. The SMILES string of the molecule is Cc1cccc(N2C(N)=C(C#N)C(c3cc(C)cc(CSCc4ccccc4)c3C)C3=C2CC(C)(C)CC3=O)c1. The van der Waals surface area contributed by atoms with Gasteiger partial charge in [-0.3, -0.25) is 9.69 Å². The van der Waals surface area contributed by atoms with Gasteiger partial charge in [-0.05, 0) is 72.6 Å². The van der Waals surface area contributed by atoms with E-state index in [-0.39, 0.29) is 11.2 Å². The van der Waals surface area contributed by atoms with Crippen molar-refractivity contribution in [1.29, 1.82) is 5.26 Å². The predicted octanol–water partition coefficient (Wildman–Crippen LogP) is 7.99. The average Bonchev–Trinajstić information content (AvgIpc) is 2.90. The molecular weight excluding hydrogens is 510 g/mol. The number of nitrogens with two attached hydrogens (primary N) is 1. The highest BCUT2D eigenvalue weighted by Crippen LogP contribution is 2.51. The lowest BCUT2D eigenvalue weighted by Gasteiger charge is -2.44. The van der Waals surface area contributed by atoms with Crippen LogP contribution in [-0.4, -0.2) is 5.78 Å². The Hall–Kier alpha value is -3.75. The maximum Gasteiger partial charge on any atom is 0.162 e. The molecule has 1 aliphatic heterocycles. The molecule has 0 saturated heterocycles. The van der Waals surface area contributed by atoms with Crippen LogP contribution in [0.5, 0.6) is 0 Å². The molecule has 1 unspecified atom stereocenters. The number of rotatable bonds is 6. The van der Waals surface area contributed by atoms with Crippen LogP contribution in [0.2, 0.25) is 0 Å². The molecule has 3 aromatic carbocycles. The highest BCUT2D eigenvalue weighted by Gasteiger charge is 2.45. The molecule has 0 aromatic heterocycles. The van der Waals surface area contributed by atoms with E-state index in [2.05, 4.69) is 76.2 Å². The molecule has 204 valence electrons. The van der Waals surface area contributed by atoms with Crippen molar-refractivity contribution in [2.75, 3.05) is 4.90 Å². The molecule has 1 aliphatic carbocycles. The number of allylic oxidation sites excluding steroid dienone is 3. The quantitative estimate of drug-likeness (QED) is 0.339. The van der Waals surface area contributed by atoms with Crippen LogP contribution in [0.25, 0.3) is 0 Å². The summed E-state index contributed by atoms with van der Waals surface area (Å²) < 4.78 is 0. The van der Waals surface area contributed by atoms with Gasteiger partial charge in [0, 0.05) is 34.9 Å². The molecular formula is C35H37N3OS. The number of nitrogens with zero attached hydrogens (tertiary/aromatic N) is 2. The van der Waals surface area contributed by atoms with Crippen LogP contribution in [0.4, 0.5) is 5.69 Å². The summed E-state index contributed by atoms with van der Waals surface area (Å²) >= 11 is 1.88. The Kier molecular flexibility index (Phi) is 7.66. The summed E-state index contributed by atoms with van der Waals surface area (Å²) in [6.07, 6.45) is 1.16. The fraction of sp³-hybridized carbons (Fsp3) is 0.314. The fourth-order valence-corrected chi connectivity index (χ4v) is 7.20. The third kappa shape index (κ3) is 5.33. The van der Waals surface area contributed by atoms with Gasteiger partial charge in [0.15, 0.2) is 5.78 Å². The van der Waals surface area contributed by atoms with E-state index in [1.54, 1.807) is 0 Å². The minimum Gasteiger partial charge on any atom is -0.384 e. The second kappa shape index (κ2) is 11.0. The van der Waals surface area contributed by atoms with Gasteiger partial charge in [0.05, 0.1) is 17.6 Å². The molecule has 5 heteroatoms. The summed E-state index contributed by atoms with van der Waals surface area (Å²) in [5, 5.41) is 10.5. The Morgan fingerprint density at radius 1 is 0.975 bits per heavy atom. The molecule has 0 fully saturated rings. The van der Waals surface area contributed by atoms with Crippen molar-refractivity contribution >= 4 is 23.2 Å². The van der Waals surface area contributed by atoms with E-state index in [0.717, 1.165) is 50.7 Å². The Morgan fingerprint density at radius 2 is 1.73 bits per heavy atom. The molecule has 0 radical (unpaired) electrons. The Labute approximate surface area is 242 Å². The van der Waals surface area contributed by atoms with Crippen LogP contribution in [0.1, 0.15) is 66.0 Å². The molecule has 1 heterocycles. The van der Waals surface area contributed by atoms with Crippen LogP contribution in [0, 0.1) is 37.5 Å². The molecule has 0 amide bonds. The topological polar surface area (TPSA) is 70.1 Å². The van der Waals surface area contributed by atoms with Crippen molar-refractivity contribution in [2.45, 2.75) is 64.9 Å². The van der Waals surface area contributed by atoms with Crippen LogP contribution >= 0.6 is 11.8 Å². The van der Waals surface area contributed by atoms with Gasteiger partial charge < -0.3 is 5.73 Å². The van der Waals surface area contributed by atoms with Crippen molar-refractivity contribution in [3.05, 3.63) is 123 Å². The number of carbonyl (C=O) groups excluding carboxylic acids is 1. The lowest BCUT2D eigenvalue weighted by atomic mass is 9.68. The summed E-state index contributed by atoms with van der Waals surface area (Å²) in [6.45, 7) is 10.5. The molecule has 0 bridgehead atoms. The van der Waals surface area contributed by atoms with Gasteiger partial charge in [0.1, 0.15) is 5.82 Å². The van der Waals surface area contributed by atoms with E-state index in [9.17, 15) is 10.1 Å². The summed E-state index contributed by atoms with van der Waals surface area (Å²) in [5.41, 5.74) is 16.6. The van der Waals surface area contributed by atoms with Crippen molar-refractivity contribution in [3.8, 4) is 6.07 Å². The van der Waals surface area contributed by atoms with Gasteiger partial charge in [0.2, 0.25) is 0 Å². The van der Waals surface area contributed by atoms with Gasteiger partial charge in [-0.1, -0.05) is 74.0 Å². The maximum absolute atomic E-state index is 14.0. The zero-order chi connectivity index (χ0) is 28.6. The van der Waals surface area contributed by atoms with E-state index in [4.69, 9.17) is 5.73 Å². The maximum atomic E-state index is 14.0. The van der Waals surface area contributed by atoms with E-state index < -0.39 is 5.92 Å². The van der Waals surface area contributed by atoms with Crippen molar-refractivity contribution in [2.24, 2.45) is 11.1 Å². The summed E-state index contributed by atoms with van der Waals surface area (Å²) in [4.78, 5) is 16.0. The second-order valence-electron chi connectivity index (χ2n) is 11.9. The predicted molar refractivity (Wildman–Crippen MR) is 166 cm³/mol. The molecule has 5 rings (SSSR count). The first-order chi connectivity index (χ1) is 19.1. The normalized spacial score (nSPS) is 18.6. The minimum atomic E-state index is -0.470. The molecule has 3 aromatic rings. The van der Waals surface area contributed by atoms with Gasteiger partial charge in [0.25, 0.3) is 0 Å². The van der Waals surface area contributed by atoms with Crippen LogP contribution in [0.3, 0.4) is 0 Å². The third-order valence-electron chi connectivity index (χ3n) is 8.02. The summed E-state index contributed by atoms with van der Waals surface area (Å²) in [6, 6.07) is 25.4. The van der Waals surface area contributed by atoms with Crippen LogP contribution < -0.4 is 10.6 Å². The van der Waals surface area contributed by atoms with Gasteiger partial charge >= 0.3 is 0 Å². The Morgan fingerprint density at radius 3 is 2.42 bits per heavy atom. The zero-order valence-corrected chi connectivity index (χ0v) is 24.9. The van der Waals surface area contributed by atoms with E-state index >= 15 is 0 Å². The highest BCUT2D eigenvalue weighted by atomic mass is 32.2. The molecule has 40 heavy (non-hydrogen) atoms. The number of thioether (sulfide) groups is 1. The molecule has 0 saturated carbocycles. The lowest BCUT2D eigenvalue weighted by Crippen LogP contribution is -2.42. The van der Waals surface area contributed by atoms with E-state index in [1.807, 2.05) is 47.9 Å². The number of hydrogen-bond donors (Lipinski definition) is 1. The lowest BCUT2D eigenvalue weighted by molar-refractivity contribution is -0.118. The first kappa shape index (κ1) is 27.8. The molecule has 0 spiro atoms. The molecule has 1 atom stereocenters. The molecule has 4 nitrogen and oxygen atoms in total. The first-order valence-corrected chi connectivity index (χ1v) is 15.0. The number of carbonyl (C=O) groups is 1. The molecule has 2 N–H and O–H groups in total. The zero-order valence-electron chi connectivity index (χ0n) is 24.0. The number of benzene rings is 3. The number of Topliss-reactive ketones (excluding diaryl/α,β-unsaturated/α-hetero) is 1. The Balaban J connectivity index is 1.63. The smallest absolute Gasteiger partial charge is 0.162 e. The average molecular weight is 548 g/mol. The summed E-state index contributed by atoms with van der Waals surface area (Å²) in [5.74, 6) is 1.84. The summed E-state index contributed by atoms with van der Waals surface area (Å²) in [7, 11) is 0. The third-order valence-corrected chi connectivity index (χ3v) is 9.07. The van der Waals surface area contributed by atoms with E-state index in [0.29, 0.717) is 24.2 Å². The number of aryl methyl sites for hydroxylation is 2. The van der Waals surface area contributed by atoms with Crippen molar-refractivity contribution in [3.63, 3.8) is 0 Å². The van der Waals surface area contributed by atoms with Crippen LogP contribution in [-0.2, 0) is 16.3 Å². The van der Waals surface area contributed by atoms with Crippen molar-refractivity contribution in [1.82, 2.24) is 0 Å². The van der Waals surface area contributed by atoms with E-state index in [1.165, 1.54) is 11.1 Å². The largest absolute Gasteiger partial charge is 0.384 e. The number of hydrogen-bond acceptors (Lipinski definition) is 5. The second-order valence-corrected chi connectivity index (χ2v) is 12.9. The first-order valence-electron chi connectivity index (χ1n) is 13.8. The van der Waals surface area contributed by atoms with Gasteiger partial charge in [-0.15, -0.1) is 0 Å². The van der Waals surface area contributed by atoms with Gasteiger partial charge in [-0.25, -0.2) is 0 Å². The Bertz CT molecular complexity index is 1580. The van der Waals surface area contributed by atoms with Crippen LogP contribution in [0.15, 0.2) is 89.4 Å². The van der Waals surface area contributed by atoms with Gasteiger partial charge in [-0.2, -0.15) is 17.0 Å². The number of anilines is 1.